The molecule has 1 aliphatic rings. The van der Waals surface area contributed by atoms with Gasteiger partial charge in [0.15, 0.2) is 5.65 Å². The van der Waals surface area contributed by atoms with Crippen LogP contribution in [0.15, 0.2) is 17.1 Å². The number of fused-ring (bicyclic) bond motifs is 1. The second-order valence-corrected chi connectivity index (χ2v) is 4.62. The average Bonchev–Trinajstić information content (AvgIpc) is 2.83. The summed E-state index contributed by atoms with van der Waals surface area (Å²) in [6.07, 6.45) is 6.46. The molecule has 0 aromatic carbocycles. The summed E-state index contributed by atoms with van der Waals surface area (Å²) in [7, 11) is 1.98. The van der Waals surface area contributed by atoms with Crippen LogP contribution in [0.1, 0.15) is 31.7 Å². The summed E-state index contributed by atoms with van der Waals surface area (Å²) in [6, 6.07) is 2.33. The van der Waals surface area contributed by atoms with E-state index in [1.165, 1.54) is 12.8 Å². The minimum absolute atomic E-state index is 0.0139. The Morgan fingerprint density at radius 2 is 2.19 bits per heavy atom. The minimum Gasteiger partial charge on any atom is -0.304 e. The number of H-pyrrole nitrogens is 1. The SMILES string of the molecule is Bc1cnc2c(c1)[nH]c(=O)n2C1CCCC1. The zero-order valence-electron chi connectivity index (χ0n) is 9.36. The third kappa shape index (κ3) is 1.38. The molecular weight excluding hydrogens is 201 g/mol. The molecule has 0 atom stereocenters. The van der Waals surface area contributed by atoms with Crippen molar-refractivity contribution in [3.8, 4) is 0 Å². The van der Waals surface area contributed by atoms with Gasteiger partial charge in [0.05, 0.1) is 5.52 Å². The first kappa shape index (κ1) is 9.69. The molecule has 2 aromatic rings. The van der Waals surface area contributed by atoms with E-state index >= 15 is 0 Å². The highest BCUT2D eigenvalue weighted by Crippen LogP contribution is 2.29. The molecule has 4 nitrogen and oxygen atoms in total. The molecule has 0 bridgehead atoms. The third-order valence-corrected chi connectivity index (χ3v) is 3.38. The smallest absolute Gasteiger partial charge is 0.304 e. The Balaban J connectivity index is 2.23. The highest BCUT2D eigenvalue weighted by Gasteiger charge is 2.21. The van der Waals surface area contributed by atoms with E-state index in [9.17, 15) is 4.79 Å². The van der Waals surface area contributed by atoms with Crippen molar-refractivity contribution >= 4 is 24.5 Å². The standard InChI is InChI=1S/C11H14BN3O/c12-7-5-9-10(13-6-7)15(11(16)14-9)8-3-1-2-4-8/h5-6,8H,1-4,12H2,(H,14,16). The van der Waals surface area contributed by atoms with Crippen LogP contribution in [0.5, 0.6) is 0 Å². The summed E-state index contributed by atoms with van der Waals surface area (Å²) in [6.45, 7) is 0. The van der Waals surface area contributed by atoms with E-state index < -0.39 is 0 Å². The lowest BCUT2D eigenvalue weighted by atomic mass is 9.99. The molecule has 5 heteroatoms. The Kier molecular flexibility index (Phi) is 2.12. The molecule has 1 saturated carbocycles. The lowest BCUT2D eigenvalue weighted by Crippen LogP contribution is -2.20. The van der Waals surface area contributed by atoms with Gasteiger partial charge in [0.2, 0.25) is 0 Å². The van der Waals surface area contributed by atoms with Crippen LogP contribution in [-0.2, 0) is 0 Å². The van der Waals surface area contributed by atoms with E-state index in [4.69, 9.17) is 0 Å². The highest BCUT2D eigenvalue weighted by atomic mass is 16.1. The zero-order chi connectivity index (χ0) is 11.1. The summed E-state index contributed by atoms with van der Waals surface area (Å²) < 4.78 is 1.84. The van der Waals surface area contributed by atoms with E-state index in [2.05, 4.69) is 9.97 Å². The van der Waals surface area contributed by atoms with Gasteiger partial charge in [0.1, 0.15) is 7.85 Å². The van der Waals surface area contributed by atoms with Gasteiger partial charge < -0.3 is 4.98 Å². The quantitative estimate of drug-likeness (QED) is 0.686. The summed E-state index contributed by atoms with van der Waals surface area (Å²) in [5, 5.41) is 0. The van der Waals surface area contributed by atoms with Crippen molar-refractivity contribution in [3.63, 3.8) is 0 Å². The summed E-state index contributed by atoms with van der Waals surface area (Å²) in [4.78, 5) is 19.2. The largest absolute Gasteiger partial charge is 0.327 e. The maximum atomic E-state index is 11.9. The molecule has 0 saturated heterocycles. The molecule has 1 aliphatic carbocycles. The van der Waals surface area contributed by atoms with E-state index in [0.29, 0.717) is 6.04 Å². The van der Waals surface area contributed by atoms with Crippen molar-refractivity contribution in [2.75, 3.05) is 0 Å². The third-order valence-electron chi connectivity index (χ3n) is 3.38. The minimum atomic E-state index is -0.0139. The first-order valence-corrected chi connectivity index (χ1v) is 5.82. The molecule has 0 unspecified atom stereocenters. The number of imidazole rings is 1. The van der Waals surface area contributed by atoms with Gasteiger partial charge in [-0.05, 0) is 18.9 Å². The maximum Gasteiger partial charge on any atom is 0.327 e. The molecule has 2 heterocycles. The first-order valence-electron chi connectivity index (χ1n) is 5.82. The second kappa shape index (κ2) is 3.51. The predicted octanol–water partition coefficient (Wildman–Crippen LogP) is 0.0981. The Bertz CT molecular complexity index is 580. The van der Waals surface area contributed by atoms with Crippen LogP contribution in [0.4, 0.5) is 0 Å². The lowest BCUT2D eigenvalue weighted by molar-refractivity contribution is 0.515. The number of aromatic amines is 1. The van der Waals surface area contributed by atoms with Crippen molar-refractivity contribution in [2.24, 2.45) is 0 Å². The first-order chi connectivity index (χ1) is 7.75. The van der Waals surface area contributed by atoms with Crippen molar-refractivity contribution in [1.29, 1.82) is 0 Å². The van der Waals surface area contributed by atoms with Crippen molar-refractivity contribution in [3.05, 3.63) is 22.7 Å². The van der Waals surface area contributed by atoms with Crippen molar-refractivity contribution in [1.82, 2.24) is 14.5 Å². The van der Waals surface area contributed by atoms with Crippen LogP contribution in [0, 0.1) is 0 Å². The van der Waals surface area contributed by atoms with Gasteiger partial charge >= 0.3 is 5.69 Å². The lowest BCUT2D eigenvalue weighted by Gasteiger charge is -2.10. The number of nitrogens with one attached hydrogen (secondary N) is 1. The Labute approximate surface area is 94.1 Å². The maximum absolute atomic E-state index is 11.9. The van der Waals surface area contributed by atoms with E-state index in [-0.39, 0.29) is 5.69 Å². The van der Waals surface area contributed by atoms with E-state index in [1.807, 2.05) is 24.7 Å². The van der Waals surface area contributed by atoms with Crippen LogP contribution < -0.4 is 11.2 Å². The molecule has 3 rings (SSSR count). The van der Waals surface area contributed by atoms with Crippen LogP contribution in [0.25, 0.3) is 11.2 Å². The van der Waals surface area contributed by atoms with E-state index in [0.717, 1.165) is 29.5 Å². The van der Waals surface area contributed by atoms with Crippen LogP contribution >= 0.6 is 0 Å². The average molecular weight is 215 g/mol. The second-order valence-electron chi connectivity index (χ2n) is 4.62. The number of hydrogen-bond donors (Lipinski definition) is 1. The summed E-state index contributed by atoms with van der Waals surface area (Å²) >= 11 is 0. The Morgan fingerprint density at radius 1 is 1.44 bits per heavy atom. The van der Waals surface area contributed by atoms with Crippen molar-refractivity contribution < 1.29 is 0 Å². The van der Waals surface area contributed by atoms with Gasteiger partial charge in [0.25, 0.3) is 0 Å². The zero-order valence-corrected chi connectivity index (χ0v) is 9.36. The Hall–Kier alpha value is -1.52. The van der Waals surface area contributed by atoms with Gasteiger partial charge in [-0.15, -0.1) is 0 Å². The number of nitrogens with zero attached hydrogens (tertiary/aromatic N) is 2. The molecule has 0 spiro atoms. The summed E-state index contributed by atoms with van der Waals surface area (Å²) in [5.74, 6) is 0. The number of pyridine rings is 1. The molecule has 16 heavy (non-hydrogen) atoms. The molecule has 0 radical (unpaired) electrons. The fourth-order valence-electron chi connectivity index (χ4n) is 2.62. The van der Waals surface area contributed by atoms with Crippen LogP contribution in [0.2, 0.25) is 0 Å². The van der Waals surface area contributed by atoms with Crippen LogP contribution in [0.3, 0.4) is 0 Å². The molecule has 0 amide bonds. The normalized spacial score (nSPS) is 17.2. The monoisotopic (exact) mass is 215 g/mol. The molecule has 82 valence electrons. The van der Waals surface area contributed by atoms with Gasteiger partial charge in [-0.2, -0.15) is 0 Å². The summed E-state index contributed by atoms with van der Waals surface area (Å²) in [5.41, 5.74) is 2.73. The molecule has 2 aromatic heterocycles. The van der Waals surface area contributed by atoms with Gasteiger partial charge in [-0.3, -0.25) is 4.57 Å². The molecule has 1 N–H and O–H groups in total. The van der Waals surface area contributed by atoms with Crippen molar-refractivity contribution in [2.45, 2.75) is 31.7 Å². The predicted molar refractivity (Wildman–Crippen MR) is 66.0 cm³/mol. The number of rotatable bonds is 1. The fourth-order valence-corrected chi connectivity index (χ4v) is 2.62. The van der Waals surface area contributed by atoms with E-state index in [1.54, 1.807) is 0 Å². The van der Waals surface area contributed by atoms with Gasteiger partial charge in [0, 0.05) is 12.2 Å². The number of aromatic nitrogens is 3. The highest BCUT2D eigenvalue weighted by molar-refractivity contribution is 6.32. The molecule has 1 fully saturated rings. The topological polar surface area (TPSA) is 50.7 Å². The van der Waals surface area contributed by atoms with Gasteiger partial charge in [-0.25, -0.2) is 9.78 Å². The van der Waals surface area contributed by atoms with Crippen LogP contribution in [-0.4, -0.2) is 22.4 Å². The molecule has 0 aliphatic heterocycles. The molecular formula is C11H14BN3O. The fraction of sp³-hybridized carbons (Fsp3) is 0.455. The van der Waals surface area contributed by atoms with Gasteiger partial charge in [-0.1, -0.05) is 18.3 Å². The number of hydrogen-bond acceptors (Lipinski definition) is 2. The Morgan fingerprint density at radius 3 is 2.94 bits per heavy atom.